The fourth-order valence-electron chi connectivity index (χ4n) is 8.70. The average Bonchev–Trinajstić information content (AvgIpc) is 3.85. The molecule has 276 valence electrons. The Kier molecular flexibility index (Phi) is 8.44. The summed E-state index contributed by atoms with van der Waals surface area (Å²) in [6.07, 6.45) is -8.98. The highest BCUT2D eigenvalue weighted by Gasteiger charge is 2.70. The van der Waals surface area contributed by atoms with E-state index in [1.54, 1.807) is 12.1 Å². The van der Waals surface area contributed by atoms with E-state index in [1.807, 2.05) is 0 Å². The SMILES string of the molecule is COc1cc([C@@H]2c3sc(=O)[nH]c3S[C@@H]3[C@@H]4C[C@@H]([C@@H]5C(=O)N(c6ccccc6C(F)(F)F)C(=O)[C@@H]45)[C@H]23)ccc1OCC(=O)Nc1ccccc1C(F)(F)F. The third kappa shape index (κ3) is 5.79. The van der Waals surface area contributed by atoms with Crippen molar-refractivity contribution in [2.45, 2.75) is 35.0 Å². The molecule has 0 spiro atoms. The number of benzene rings is 3. The van der Waals surface area contributed by atoms with Crippen LogP contribution in [0, 0.1) is 29.6 Å². The van der Waals surface area contributed by atoms with Crippen molar-refractivity contribution in [3.05, 3.63) is 98.0 Å². The normalized spacial score (nSPS) is 25.9. The number of halogens is 6. The lowest BCUT2D eigenvalue weighted by atomic mass is 9.68. The van der Waals surface area contributed by atoms with E-state index < -0.39 is 76.9 Å². The zero-order chi connectivity index (χ0) is 37.6. The van der Waals surface area contributed by atoms with Crippen molar-refractivity contribution < 1.29 is 50.2 Å². The van der Waals surface area contributed by atoms with Gasteiger partial charge in [-0.1, -0.05) is 41.7 Å². The largest absolute Gasteiger partial charge is 0.493 e. The molecule has 3 fully saturated rings. The molecule has 2 aliphatic carbocycles. The van der Waals surface area contributed by atoms with Crippen molar-refractivity contribution in [3.8, 4) is 11.5 Å². The number of aromatic amines is 1. The first-order chi connectivity index (χ1) is 25.2. The fourth-order valence-corrected chi connectivity index (χ4v) is 11.6. The number of aromatic nitrogens is 1. The zero-order valence-electron chi connectivity index (χ0n) is 27.3. The summed E-state index contributed by atoms with van der Waals surface area (Å²) in [5.74, 6) is -5.01. The number of para-hydroxylation sites is 2. The molecule has 4 aromatic rings. The van der Waals surface area contributed by atoms with Crippen molar-refractivity contribution in [2.24, 2.45) is 29.6 Å². The van der Waals surface area contributed by atoms with E-state index in [2.05, 4.69) is 10.3 Å². The first kappa shape index (κ1) is 35.3. The van der Waals surface area contributed by atoms with Crippen LogP contribution in [-0.2, 0) is 26.7 Å². The predicted molar refractivity (Wildman–Crippen MR) is 181 cm³/mol. The van der Waals surface area contributed by atoms with Crippen LogP contribution in [-0.4, -0.2) is 41.7 Å². The number of carbonyl (C=O) groups excluding carboxylic acids is 3. The molecule has 0 radical (unpaired) electrons. The van der Waals surface area contributed by atoms with Gasteiger partial charge in [-0.2, -0.15) is 26.3 Å². The Labute approximate surface area is 304 Å². The van der Waals surface area contributed by atoms with Crippen LogP contribution in [0.5, 0.6) is 11.5 Å². The standard InChI is InChI=1S/C36H27F6N3O6S2/c1-50-23-12-15(10-11-22(23)51-14-24(46)43-20-8-4-2-6-18(20)35(37,38)39)25-26-16-13-17(29(26)52-31-30(25)53-34(49)44-31)28-27(16)32(47)45(33(28)48)21-9-5-3-7-19(21)36(40,41)42/h2-12,16-17,25-29H,13-14H2,1H3,(H,43,46)(H,44,49)/t16-,17-,25+,26-,27+,28+,29-/m1/s1. The Hall–Kier alpha value is -4.77. The molecule has 8 rings (SSSR count). The number of thioether (sulfide) groups is 1. The van der Waals surface area contributed by atoms with Gasteiger partial charge in [0.05, 0.1) is 46.5 Å². The maximum absolute atomic E-state index is 14.0. The van der Waals surface area contributed by atoms with E-state index in [0.29, 0.717) is 26.8 Å². The third-order valence-electron chi connectivity index (χ3n) is 10.6. The lowest BCUT2D eigenvalue weighted by Crippen LogP contribution is -2.42. The number of imide groups is 1. The molecule has 53 heavy (non-hydrogen) atoms. The van der Waals surface area contributed by atoms with Crippen molar-refractivity contribution in [3.63, 3.8) is 0 Å². The molecule has 9 nitrogen and oxygen atoms in total. The van der Waals surface area contributed by atoms with E-state index in [0.717, 1.165) is 35.6 Å². The molecule has 2 bridgehead atoms. The van der Waals surface area contributed by atoms with E-state index >= 15 is 0 Å². The molecule has 1 saturated heterocycles. The van der Waals surface area contributed by atoms with Crippen LogP contribution in [0.1, 0.15) is 33.9 Å². The zero-order valence-corrected chi connectivity index (χ0v) is 28.9. The lowest BCUT2D eigenvalue weighted by Gasteiger charge is -2.43. The van der Waals surface area contributed by atoms with E-state index in [-0.39, 0.29) is 39.4 Å². The Bertz CT molecular complexity index is 2220. The number of anilines is 2. The number of amides is 3. The van der Waals surface area contributed by atoms with Crippen LogP contribution in [0.4, 0.5) is 37.7 Å². The van der Waals surface area contributed by atoms with Gasteiger partial charge >= 0.3 is 17.2 Å². The summed E-state index contributed by atoms with van der Waals surface area (Å²) in [5, 5.41) is 2.59. The van der Waals surface area contributed by atoms with Gasteiger partial charge in [0, 0.05) is 16.0 Å². The van der Waals surface area contributed by atoms with Crippen molar-refractivity contribution >= 4 is 52.2 Å². The summed E-state index contributed by atoms with van der Waals surface area (Å²) >= 11 is 2.43. The Morgan fingerprint density at radius 3 is 2.25 bits per heavy atom. The molecule has 2 saturated carbocycles. The first-order valence-corrected chi connectivity index (χ1v) is 18.1. The van der Waals surface area contributed by atoms with Gasteiger partial charge in [-0.3, -0.25) is 19.2 Å². The van der Waals surface area contributed by atoms with Crippen LogP contribution in [0.3, 0.4) is 0 Å². The summed E-state index contributed by atoms with van der Waals surface area (Å²) in [7, 11) is 1.36. The van der Waals surface area contributed by atoms with Gasteiger partial charge in [0.15, 0.2) is 18.1 Å². The number of hydrogen-bond donors (Lipinski definition) is 2. The molecule has 3 aromatic carbocycles. The minimum atomic E-state index is -4.79. The number of carbonyl (C=O) groups is 3. The van der Waals surface area contributed by atoms with Gasteiger partial charge in [0.25, 0.3) is 5.91 Å². The quantitative estimate of drug-likeness (QED) is 0.151. The molecule has 17 heteroatoms. The highest BCUT2D eigenvalue weighted by molar-refractivity contribution is 8.00. The van der Waals surface area contributed by atoms with Crippen molar-refractivity contribution in [2.75, 3.05) is 23.9 Å². The second kappa shape index (κ2) is 12.7. The molecular weight excluding hydrogens is 749 g/mol. The Balaban J connectivity index is 1.09. The summed E-state index contributed by atoms with van der Waals surface area (Å²) in [6, 6.07) is 14.0. The van der Waals surface area contributed by atoms with Gasteiger partial charge in [-0.25, -0.2) is 4.90 Å². The number of methoxy groups -OCH3 is 1. The Morgan fingerprint density at radius 1 is 0.887 bits per heavy atom. The molecule has 2 N–H and O–H groups in total. The maximum atomic E-state index is 14.0. The number of nitrogens with one attached hydrogen (secondary N) is 2. The van der Waals surface area contributed by atoms with Crippen LogP contribution in [0.15, 0.2) is 76.6 Å². The molecule has 1 aromatic heterocycles. The van der Waals surface area contributed by atoms with Crippen LogP contribution < -0.4 is 24.6 Å². The number of rotatable bonds is 7. The molecule has 2 aliphatic heterocycles. The minimum absolute atomic E-state index is 0.114. The highest BCUT2D eigenvalue weighted by atomic mass is 32.2. The molecule has 3 heterocycles. The fraction of sp³-hybridized carbons (Fsp3) is 0.333. The van der Waals surface area contributed by atoms with Crippen LogP contribution in [0.2, 0.25) is 0 Å². The second-order valence-corrected chi connectivity index (χ2v) is 15.5. The van der Waals surface area contributed by atoms with Crippen LogP contribution in [0.25, 0.3) is 0 Å². The van der Waals surface area contributed by atoms with E-state index in [9.17, 15) is 45.5 Å². The first-order valence-electron chi connectivity index (χ1n) is 16.4. The highest BCUT2D eigenvalue weighted by Crippen LogP contribution is 2.69. The molecule has 0 unspecified atom stereocenters. The predicted octanol–water partition coefficient (Wildman–Crippen LogP) is 7.18. The Morgan fingerprint density at radius 2 is 1.55 bits per heavy atom. The smallest absolute Gasteiger partial charge is 0.418 e. The molecular formula is C36H27F6N3O6S2. The lowest BCUT2D eigenvalue weighted by molar-refractivity contribution is -0.138. The van der Waals surface area contributed by atoms with E-state index in [4.69, 9.17) is 9.47 Å². The number of thiazole rings is 1. The van der Waals surface area contributed by atoms with Gasteiger partial charge in [-0.05, 0) is 66.1 Å². The van der Waals surface area contributed by atoms with Crippen LogP contribution >= 0.6 is 23.1 Å². The molecule has 4 aliphatic rings. The summed E-state index contributed by atoms with van der Waals surface area (Å²) < 4.78 is 93.5. The minimum Gasteiger partial charge on any atom is -0.493 e. The summed E-state index contributed by atoms with van der Waals surface area (Å²) in [4.78, 5) is 57.3. The average molecular weight is 776 g/mol. The van der Waals surface area contributed by atoms with Gasteiger partial charge < -0.3 is 19.8 Å². The van der Waals surface area contributed by atoms with Crippen molar-refractivity contribution in [1.29, 1.82) is 0 Å². The van der Waals surface area contributed by atoms with Gasteiger partial charge in [-0.15, -0.1) is 11.8 Å². The summed E-state index contributed by atoms with van der Waals surface area (Å²) in [5.41, 5.74) is -2.33. The molecule has 3 amide bonds. The number of nitrogens with zero attached hydrogens (tertiary/aromatic N) is 1. The number of ether oxygens (including phenoxy) is 2. The summed E-state index contributed by atoms with van der Waals surface area (Å²) in [6.45, 7) is -0.646. The van der Waals surface area contributed by atoms with Gasteiger partial charge in [0.1, 0.15) is 0 Å². The van der Waals surface area contributed by atoms with Crippen molar-refractivity contribution in [1.82, 2.24) is 4.98 Å². The third-order valence-corrected chi connectivity index (χ3v) is 13.2. The second-order valence-electron chi connectivity index (χ2n) is 13.3. The number of H-pyrrole nitrogens is 1. The number of hydrogen-bond acceptors (Lipinski definition) is 8. The van der Waals surface area contributed by atoms with E-state index in [1.165, 1.54) is 49.2 Å². The number of alkyl halides is 6. The maximum Gasteiger partial charge on any atom is 0.418 e. The molecule has 7 atom stereocenters. The monoisotopic (exact) mass is 775 g/mol. The topological polar surface area (TPSA) is 118 Å². The number of fused-ring (bicyclic) bond motifs is 9. The van der Waals surface area contributed by atoms with Gasteiger partial charge in [0.2, 0.25) is 11.8 Å².